The second-order valence-corrected chi connectivity index (χ2v) is 5.14. The lowest BCUT2D eigenvalue weighted by molar-refractivity contribution is 0.518. The van der Waals surface area contributed by atoms with Crippen molar-refractivity contribution in [1.82, 2.24) is 0 Å². The van der Waals surface area contributed by atoms with E-state index in [9.17, 15) is 0 Å². The van der Waals surface area contributed by atoms with Crippen LogP contribution in [-0.4, -0.2) is 0 Å². The highest BCUT2D eigenvalue weighted by molar-refractivity contribution is 5.78. The second-order valence-electron chi connectivity index (χ2n) is 5.14. The van der Waals surface area contributed by atoms with Crippen molar-refractivity contribution in [2.24, 2.45) is 0 Å². The monoisotopic (exact) mass is 261 g/mol. The van der Waals surface area contributed by atoms with Crippen LogP contribution in [0.25, 0.3) is 11.1 Å². The van der Waals surface area contributed by atoms with Crippen molar-refractivity contribution in [2.75, 3.05) is 5.32 Å². The van der Waals surface area contributed by atoms with Crippen LogP contribution in [0.5, 0.6) is 0 Å². The molecule has 4 rings (SSSR count). The lowest BCUT2D eigenvalue weighted by Gasteiger charge is -2.07. The number of rotatable bonds is 3. The standard InChI is InChI=1S/C18H15NO/c1-2-6-17-13(4-1)10-14-11-15(7-8-18(14)17)19-12-16-5-3-9-20-16/h1-9,11,19H,10,12H2. The first kappa shape index (κ1) is 11.4. The van der Waals surface area contributed by atoms with E-state index in [0.29, 0.717) is 0 Å². The highest BCUT2D eigenvalue weighted by Crippen LogP contribution is 2.37. The van der Waals surface area contributed by atoms with Crippen LogP contribution in [0.1, 0.15) is 16.9 Å². The summed E-state index contributed by atoms with van der Waals surface area (Å²) in [6.07, 6.45) is 2.73. The largest absolute Gasteiger partial charge is 0.467 e. The van der Waals surface area contributed by atoms with Gasteiger partial charge in [-0.25, -0.2) is 0 Å². The predicted molar refractivity (Wildman–Crippen MR) is 80.7 cm³/mol. The van der Waals surface area contributed by atoms with E-state index >= 15 is 0 Å². The fraction of sp³-hybridized carbons (Fsp3) is 0.111. The number of hydrogen-bond donors (Lipinski definition) is 1. The zero-order valence-electron chi connectivity index (χ0n) is 11.1. The average molecular weight is 261 g/mol. The third-order valence-corrected chi connectivity index (χ3v) is 3.84. The first-order chi connectivity index (χ1) is 9.90. The maximum atomic E-state index is 5.34. The third kappa shape index (κ3) is 1.90. The third-order valence-electron chi connectivity index (χ3n) is 3.84. The normalized spacial score (nSPS) is 12.0. The molecule has 1 aliphatic carbocycles. The fourth-order valence-electron chi connectivity index (χ4n) is 2.86. The van der Waals surface area contributed by atoms with Crippen LogP contribution in [0.15, 0.2) is 65.3 Å². The molecule has 1 N–H and O–H groups in total. The molecule has 0 saturated heterocycles. The SMILES string of the molecule is c1coc(CNc2ccc3c(c2)Cc2ccccc2-3)c1. The van der Waals surface area contributed by atoms with Gasteiger partial charge in [-0.05, 0) is 52.9 Å². The van der Waals surface area contributed by atoms with Gasteiger partial charge in [0.05, 0.1) is 12.8 Å². The van der Waals surface area contributed by atoms with E-state index in [-0.39, 0.29) is 0 Å². The molecule has 0 bridgehead atoms. The van der Waals surface area contributed by atoms with Gasteiger partial charge in [0.15, 0.2) is 0 Å². The molecule has 1 heterocycles. The molecule has 0 radical (unpaired) electrons. The van der Waals surface area contributed by atoms with Crippen molar-refractivity contribution in [1.29, 1.82) is 0 Å². The molecule has 98 valence electrons. The van der Waals surface area contributed by atoms with Gasteiger partial charge in [0, 0.05) is 5.69 Å². The van der Waals surface area contributed by atoms with Gasteiger partial charge in [0.2, 0.25) is 0 Å². The summed E-state index contributed by atoms with van der Waals surface area (Å²) < 4.78 is 5.34. The van der Waals surface area contributed by atoms with Crippen LogP contribution in [0.4, 0.5) is 5.69 Å². The molecule has 3 aromatic rings. The minimum atomic E-state index is 0.721. The van der Waals surface area contributed by atoms with Crippen molar-refractivity contribution in [3.05, 3.63) is 77.7 Å². The number of hydrogen-bond acceptors (Lipinski definition) is 2. The van der Waals surface area contributed by atoms with Crippen molar-refractivity contribution in [3.8, 4) is 11.1 Å². The minimum absolute atomic E-state index is 0.721. The summed E-state index contributed by atoms with van der Waals surface area (Å²) in [5, 5.41) is 3.41. The second kappa shape index (κ2) is 4.57. The molecule has 0 unspecified atom stereocenters. The van der Waals surface area contributed by atoms with Gasteiger partial charge in [0.1, 0.15) is 5.76 Å². The molecule has 0 amide bonds. The molecule has 1 aromatic heterocycles. The molecule has 0 spiro atoms. The van der Waals surface area contributed by atoms with Crippen molar-refractivity contribution < 1.29 is 4.42 Å². The molecule has 0 aliphatic heterocycles. The van der Waals surface area contributed by atoms with Gasteiger partial charge in [-0.2, -0.15) is 0 Å². The molecule has 1 aliphatic rings. The number of nitrogens with one attached hydrogen (secondary N) is 1. The van der Waals surface area contributed by atoms with Crippen LogP contribution in [0.3, 0.4) is 0 Å². The van der Waals surface area contributed by atoms with Crippen LogP contribution in [-0.2, 0) is 13.0 Å². The van der Waals surface area contributed by atoms with E-state index in [1.807, 2.05) is 12.1 Å². The first-order valence-corrected chi connectivity index (χ1v) is 6.87. The van der Waals surface area contributed by atoms with E-state index in [0.717, 1.165) is 24.4 Å². The summed E-state index contributed by atoms with van der Waals surface area (Å²) in [6.45, 7) is 0.721. The summed E-state index contributed by atoms with van der Waals surface area (Å²) in [5.41, 5.74) is 6.71. The molecule has 2 aromatic carbocycles. The van der Waals surface area contributed by atoms with Gasteiger partial charge in [0.25, 0.3) is 0 Å². The molecule has 2 nitrogen and oxygen atoms in total. The molecule has 2 heteroatoms. The lowest BCUT2D eigenvalue weighted by Crippen LogP contribution is -1.98. The molecule has 0 saturated carbocycles. The molecule has 0 fully saturated rings. The van der Waals surface area contributed by atoms with Crippen LogP contribution in [0.2, 0.25) is 0 Å². The quantitative estimate of drug-likeness (QED) is 0.589. The lowest BCUT2D eigenvalue weighted by atomic mass is 10.1. The minimum Gasteiger partial charge on any atom is -0.467 e. The number of anilines is 1. The predicted octanol–water partition coefficient (Wildman–Crippen LogP) is 4.46. The van der Waals surface area contributed by atoms with Gasteiger partial charge in [-0.3, -0.25) is 0 Å². The van der Waals surface area contributed by atoms with Gasteiger partial charge < -0.3 is 9.73 Å². The van der Waals surface area contributed by atoms with Crippen LogP contribution in [0, 0.1) is 0 Å². The fourth-order valence-corrected chi connectivity index (χ4v) is 2.86. The Labute approximate surface area is 118 Å². The molecular formula is C18H15NO. The zero-order chi connectivity index (χ0) is 13.4. The Morgan fingerprint density at radius 3 is 2.70 bits per heavy atom. The molecule has 20 heavy (non-hydrogen) atoms. The van der Waals surface area contributed by atoms with E-state index in [1.165, 1.54) is 22.3 Å². The van der Waals surface area contributed by atoms with Gasteiger partial charge in [-0.15, -0.1) is 0 Å². The Morgan fingerprint density at radius 2 is 1.80 bits per heavy atom. The van der Waals surface area contributed by atoms with Crippen LogP contribution >= 0.6 is 0 Å². The summed E-state index contributed by atoms with van der Waals surface area (Å²) in [7, 11) is 0. The summed E-state index contributed by atoms with van der Waals surface area (Å²) in [5.74, 6) is 0.953. The topological polar surface area (TPSA) is 25.2 Å². The Morgan fingerprint density at radius 1 is 0.900 bits per heavy atom. The average Bonchev–Trinajstić information content (AvgIpc) is 3.12. The maximum Gasteiger partial charge on any atom is 0.122 e. The Balaban J connectivity index is 1.59. The smallest absolute Gasteiger partial charge is 0.122 e. The Kier molecular flexibility index (Phi) is 2.59. The number of furan rings is 1. The van der Waals surface area contributed by atoms with E-state index in [4.69, 9.17) is 4.42 Å². The maximum absolute atomic E-state index is 5.34. The van der Waals surface area contributed by atoms with Gasteiger partial charge >= 0.3 is 0 Å². The summed E-state index contributed by atoms with van der Waals surface area (Å²) in [6, 6.07) is 19.1. The highest BCUT2D eigenvalue weighted by atomic mass is 16.3. The Bertz CT molecular complexity index is 744. The summed E-state index contributed by atoms with van der Waals surface area (Å²) in [4.78, 5) is 0. The molecule has 0 atom stereocenters. The van der Waals surface area contributed by atoms with E-state index in [2.05, 4.69) is 47.8 Å². The Hall–Kier alpha value is -2.48. The van der Waals surface area contributed by atoms with Crippen molar-refractivity contribution in [2.45, 2.75) is 13.0 Å². The zero-order valence-corrected chi connectivity index (χ0v) is 11.1. The number of benzene rings is 2. The molecular weight excluding hydrogens is 246 g/mol. The van der Waals surface area contributed by atoms with Gasteiger partial charge in [-0.1, -0.05) is 30.3 Å². The number of fused-ring (bicyclic) bond motifs is 3. The van der Waals surface area contributed by atoms with E-state index < -0.39 is 0 Å². The first-order valence-electron chi connectivity index (χ1n) is 6.87. The van der Waals surface area contributed by atoms with Crippen molar-refractivity contribution >= 4 is 5.69 Å². The van der Waals surface area contributed by atoms with Crippen LogP contribution < -0.4 is 5.32 Å². The summed E-state index contributed by atoms with van der Waals surface area (Å²) >= 11 is 0. The van der Waals surface area contributed by atoms with Crippen molar-refractivity contribution in [3.63, 3.8) is 0 Å². The highest BCUT2D eigenvalue weighted by Gasteiger charge is 2.17. The van der Waals surface area contributed by atoms with E-state index in [1.54, 1.807) is 6.26 Å².